The van der Waals surface area contributed by atoms with Gasteiger partial charge in [0.2, 0.25) is 0 Å². The van der Waals surface area contributed by atoms with Gasteiger partial charge in [0, 0.05) is 19.7 Å². The molecule has 0 saturated heterocycles. The summed E-state index contributed by atoms with van der Waals surface area (Å²) in [5.41, 5.74) is 5.57. The predicted octanol–water partition coefficient (Wildman–Crippen LogP) is 0.348. The summed E-state index contributed by atoms with van der Waals surface area (Å²) in [5, 5.41) is 3.26. The van der Waals surface area contributed by atoms with Gasteiger partial charge >= 0.3 is 0 Å². The van der Waals surface area contributed by atoms with E-state index in [1.54, 1.807) is 7.11 Å². The third kappa shape index (κ3) is 7.78. The molecule has 0 fully saturated rings. The highest BCUT2D eigenvalue weighted by molar-refractivity contribution is 4.58. The van der Waals surface area contributed by atoms with Crippen molar-refractivity contribution in [2.45, 2.75) is 32.4 Å². The fraction of sp³-hybridized carbons (Fsp3) is 1.00. The minimum atomic E-state index is 0.292. The molecule has 0 amide bonds. The van der Waals surface area contributed by atoms with Crippen LogP contribution in [-0.4, -0.2) is 32.3 Å². The largest absolute Gasteiger partial charge is 0.380 e. The van der Waals surface area contributed by atoms with Crippen LogP contribution in [0.4, 0.5) is 0 Å². The number of methoxy groups -OCH3 is 1. The van der Waals surface area contributed by atoms with Gasteiger partial charge in [0.05, 0.1) is 6.10 Å². The third-order valence-corrected chi connectivity index (χ3v) is 1.61. The Morgan fingerprint density at radius 2 is 2.09 bits per heavy atom. The van der Waals surface area contributed by atoms with Gasteiger partial charge in [-0.3, -0.25) is 0 Å². The summed E-state index contributed by atoms with van der Waals surface area (Å²) < 4.78 is 5.06. The van der Waals surface area contributed by atoms with Crippen LogP contribution in [0.3, 0.4) is 0 Å². The Bertz CT molecular complexity index is 86.2. The van der Waals surface area contributed by atoms with E-state index in [0.717, 1.165) is 19.5 Å². The van der Waals surface area contributed by atoms with Gasteiger partial charge in [-0.05, 0) is 26.8 Å². The molecule has 0 radical (unpaired) electrons. The normalized spacial score (nSPS) is 16.4. The van der Waals surface area contributed by atoms with Crippen molar-refractivity contribution in [2.24, 2.45) is 5.73 Å². The highest BCUT2D eigenvalue weighted by atomic mass is 16.5. The molecule has 0 bridgehead atoms. The molecule has 0 rings (SSSR count). The van der Waals surface area contributed by atoms with Crippen molar-refractivity contribution in [1.29, 1.82) is 0 Å². The van der Waals surface area contributed by atoms with Crippen LogP contribution in [0.1, 0.15) is 20.3 Å². The van der Waals surface area contributed by atoms with Crippen molar-refractivity contribution in [2.75, 3.05) is 20.2 Å². The van der Waals surface area contributed by atoms with Crippen LogP contribution in [0.5, 0.6) is 0 Å². The third-order valence-electron chi connectivity index (χ3n) is 1.61. The van der Waals surface area contributed by atoms with Gasteiger partial charge in [-0.25, -0.2) is 0 Å². The Balaban J connectivity index is 3.01. The van der Waals surface area contributed by atoms with E-state index in [1.165, 1.54) is 0 Å². The standard InChI is InChI=1S/C8H20N2O/c1-7(9)4-5-10-6-8(2)11-3/h7-8,10H,4-6,9H2,1-3H3. The van der Waals surface area contributed by atoms with Crippen LogP contribution >= 0.6 is 0 Å². The van der Waals surface area contributed by atoms with E-state index in [-0.39, 0.29) is 0 Å². The molecule has 0 aromatic carbocycles. The molecule has 0 aromatic heterocycles. The lowest BCUT2D eigenvalue weighted by Crippen LogP contribution is -2.30. The number of rotatable bonds is 6. The molecule has 2 unspecified atom stereocenters. The van der Waals surface area contributed by atoms with Crippen molar-refractivity contribution < 1.29 is 4.74 Å². The van der Waals surface area contributed by atoms with Crippen LogP contribution in [0.25, 0.3) is 0 Å². The number of hydrogen-bond donors (Lipinski definition) is 2. The zero-order valence-corrected chi connectivity index (χ0v) is 7.76. The molecule has 3 nitrogen and oxygen atoms in total. The summed E-state index contributed by atoms with van der Waals surface area (Å²) >= 11 is 0. The molecule has 0 aromatic rings. The van der Waals surface area contributed by atoms with Gasteiger partial charge in [-0.15, -0.1) is 0 Å². The molecule has 0 aliphatic heterocycles. The fourth-order valence-corrected chi connectivity index (χ4v) is 0.718. The molecule has 0 aliphatic carbocycles. The van der Waals surface area contributed by atoms with E-state index in [0.29, 0.717) is 12.1 Å². The van der Waals surface area contributed by atoms with E-state index in [4.69, 9.17) is 10.5 Å². The van der Waals surface area contributed by atoms with Gasteiger partial charge in [-0.1, -0.05) is 0 Å². The second-order valence-corrected chi connectivity index (χ2v) is 3.02. The molecule has 0 aliphatic rings. The summed E-state index contributed by atoms with van der Waals surface area (Å²) in [7, 11) is 1.72. The van der Waals surface area contributed by atoms with E-state index >= 15 is 0 Å². The van der Waals surface area contributed by atoms with Crippen molar-refractivity contribution in [3.8, 4) is 0 Å². The quantitative estimate of drug-likeness (QED) is 0.551. The molecule has 0 saturated carbocycles. The lowest BCUT2D eigenvalue weighted by molar-refractivity contribution is 0.117. The van der Waals surface area contributed by atoms with E-state index in [1.807, 2.05) is 13.8 Å². The minimum absolute atomic E-state index is 0.292. The van der Waals surface area contributed by atoms with Gasteiger partial charge in [0.15, 0.2) is 0 Å². The number of nitrogens with one attached hydrogen (secondary N) is 1. The van der Waals surface area contributed by atoms with Gasteiger partial charge in [0.25, 0.3) is 0 Å². The number of hydrogen-bond acceptors (Lipinski definition) is 3. The summed E-state index contributed by atoms with van der Waals surface area (Å²) in [6, 6.07) is 0.292. The van der Waals surface area contributed by atoms with E-state index < -0.39 is 0 Å². The Morgan fingerprint density at radius 3 is 2.55 bits per heavy atom. The number of ether oxygens (including phenoxy) is 1. The minimum Gasteiger partial charge on any atom is -0.380 e. The topological polar surface area (TPSA) is 47.3 Å². The van der Waals surface area contributed by atoms with E-state index in [2.05, 4.69) is 5.32 Å². The molecule has 0 heterocycles. The maximum Gasteiger partial charge on any atom is 0.0667 e. The molecule has 0 spiro atoms. The van der Waals surface area contributed by atoms with E-state index in [9.17, 15) is 0 Å². The summed E-state index contributed by atoms with van der Waals surface area (Å²) in [4.78, 5) is 0. The lowest BCUT2D eigenvalue weighted by atomic mass is 10.2. The first-order chi connectivity index (χ1) is 5.16. The summed E-state index contributed by atoms with van der Waals surface area (Å²) in [6.45, 7) is 5.94. The van der Waals surface area contributed by atoms with Gasteiger partial charge in [-0.2, -0.15) is 0 Å². The zero-order chi connectivity index (χ0) is 8.69. The number of nitrogens with two attached hydrogens (primary N) is 1. The van der Waals surface area contributed by atoms with Crippen LogP contribution < -0.4 is 11.1 Å². The monoisotopic (exact) mass is 160 g/mol. The second kappa shape index (κ2) is 6.58. The van der Waals surface area contributed by atoms with Crippen LogP contribution in [0.15, 0.2) is 0 Å². The fourth-order valence-electron chi connectivity index (χ4n) is 0.718. The van der Waals surface area contributed by atoms with Gasteiger partial charge < -0.3 is 15.8 Å². The second-order valence-electron chi connectivity index (χ2n) is 3.02. The van der Waals surface area contributed by atoms with Crippen molar-refractivity contribution in [3.63, 3.8) is 0 Å². The molecule has 3 N–H and O–H groups in total. The highest BCUT2D eigenvalue weighted by Gasteiger charge is 1.97. The zero-order valence-electron chi connectivity index (χ0n) is 7.76. The summed E-state index contributed by atoms with van der Waals surface area (Å²) in [6.07, 6.45) is 1.32. The first-order valence-electron chi connectivity index (χ1n) is 4.16. The Kier molecular flexibility index (Phi) is 6.51. The molecular formula is C8H20N2O. The first kappa shape index (κ1) is 10.9. The Hall–Kier alpha value is -0.120. The summed E-state index contributed by atoms with van der Waals surface area (Å²) in [5.74, 6) is 0. The van der Waals surface area contributed by atoms with Crippen LogP contribution in [-0.2, 0) is 4.74 Å². The van der Waals surface area contributed by atoms with Gasteiger partial charge in [0.1, 0.15) is 0 Å². The average Bonchev–Trinajstić information content (AvgIpc) is 1.97. The highest BCUT2D eigenvalue weighted by Crippen LogP contribution is 1.86. The van der Waals surface area contributed by atoms with Crippen molar-refractivity contribution >= 4 is 0 Å². The molecule has 68 valence electrons. The predicted molar refractivity (Wildman–Crippen MR) is 47.6 cm³/mol. The maximum absolute atomic E-state index is 5.57. The Labute approximate surface area is 69.3 Å². The average molecular weight is 160 g/mol. The first-order valence-corrected chi connectivity index (χ1v) is 4.16. The molecule has 3 heteroatoms. The molecule has 2 atom stereocenters. The Morgan fingerprint density at radius 1 is 1.45 bits per heavy atom. The van der Waals surface area contributed by atoms with Crippen LogP contribution in [0, 0.1) is 0 Å². The van der Waals surface area contributed by atoms with Crippen LogP contribution in [0.2, 0.25) is 0 Å². The van der Waals surface area contributed by atoms with Crippen molar-refractivity contribution in [3.05, 3.63) is 0 Å². The smallest absolute Gasteiger partial charge is 0.0667 e. The molecular weight excluding hydrogens is 140 g/mol. The van der Waals surface area contributed by atoms with Crippen molar-refractivity contribution in [1.82, 2.24) is 5.32 Å². The maximum atomic E-state index is 5.57. The molecule has 11 heavy (non-hydrogen) atoms. The lowest BCUT2D eigenvalue weighted by Gasteiger charge is -2.11. The SMILES string of the molecule is COC(C)CNCCC(C)N.